The third-order valence-electron chi connectivity index (χ3n) is 4.31. The maximum absolute atomic E-state index is 11.9. The molecule has 1 heterocycles. The van der Waals surface area contributed by atoms with Crippen molar-refractivity contribution in [2.45, 2.75) is 33.6 Å². The van der Waals surface area contributed by atoms with Gasteiger partial charge in [-0.1, -0.05) is 43.4 Å². The lowest BCUT2D eigenvalue weighted by Crippen LogP contribution is -2.45. The van der Waals surface area contributed by atoms with Gasteiger partial charge < -0.3 is 9.64 Å². The maximum Gasteiger partial charge on any atom is 0.409 e. The first-order chi connectivity index (χ1) is 12.0. The summed E-state index contributed by atoms with van der Waals surface area (Å²) in [6.07, 6.45) is 2.93. The van der Waals surface area contributed by atoms with Gasteiger partial charge >= 0.3 is 6.09 Å². The summed E-state index contributed by atoms with van der Waals surface area (Å²) in [6, 6.07) is 9.90. The third kappa shape index (κ3) is 5.13. The van der Waals surface area contributed by atoms with Crippen LogP contribution in [0, 0.1) is 28.6 Å². The largest absolute Gasteiger partial charge is 0.450 e. The van der Waals surface area contributed by atoms with Crippen molar-refractivity contribution < 1.29 is 9.53 Å². The average molecular weight is 336 g/mol. The van der Waals surface area contributed by atoms with Gasteiger partial charge in [-0.25, -0.2) is 4.79 Å². The van der Waals surface area contributed by atoms with E-state index in [2.05, 4.69) is 31.8 Å². The number of nitriles is 1. The molecule has 1 fully saturated rings. The van der Waals surface area contributed by atoms with Gasteiger partial charge in [-0.05, 0) is 37.1 Å². The van der Waals surface area contributed by atoms with Crippen molar-refractivity contribution in [1.82, 2.24) is 4.90 Å². The van der Waals surface area contributed by atoms with E-state index in [1.54, 1.807) is 4.90 Å². The van der Waals surface area contributed by atoms with E-state index in [1.807, 2.05) is 37.3 Å². The lowest BCUT2D eigenvalue weighted by Gasteiger charge is -2.39. The fraction of sp³-hybridized carbons (Fsp3) is 0.429. The second kappa shape index (κ2) is 8.40. The molecule has 0 bridgehead atoms. The van der Waals surface area contributed by atoms with Crippen molar-refractivity contribution in [3.8, 4) is 17.9 Å². The van der Waals surface area contributed by atoms with Crippen LogP contribution < -0.4 is 0 Å². The molecule has 0 N–H and O–H groups in total. The first-order valence-corrected chi connectivity index (χ1v) is 8.55. The summed E-state index contributed by atoms with van der Waals surface area (Å²) >= 11 is 0. The van der Waals surface area contributed by atoms with Crippen LogP contribution in [-0.2, 0) is 11.2 Å². The van der Waals surface area contributed by atoms with Gasteiger partial charge in [-0.3, -0.25) is 0 Å². The number of nitrogens with zero attached hydrogens (tertiary/aromatic N) is 2. The highest BCUT2D eigenvalue weighted by molar-refractivity contribution is 5.68. The number of allylic oxidation sites excluding steroid dienone is 1. The van der Waals surface area contributed by atoms with Crippen molar-refractivity contribution >= 4 is 6.09 Å². The van der Waals surface area contributed by atoms with Crippen LogP contribution >= 0.6 is 0 Å². The molecule has 0 saturated carbocycles. The molecule has 1 aliphatic rings. The van der Waals surface area contributed by atoms with E-state index < -0.39 is 0 Å². The Kier molecular flexibility index (Phi) is 6.25. The highest BCUT2D eigenvalue weighted by Crippen LogP contribution is 2.34. The number of rotatable bonds is 2. The summed E-state index contributed by atoms with van der Waals surface area (Å²) in [5.41, 5.74) is 3.01. The molecule has 2 rings (SSSR count). The Bertz CT molecular complexity index is 760. The van der Waals surface area contributed by atoms with E-state index in [0.29, 0.717) is 26.1 Å². The van der Waals surface area contributed by atoms with E-state index in [-0.39, 0.29) is 11.5 Å². The third-order valence-corrected chi connectivity index (χ3v) is 4.31. The lowest BCUT2D eigenvalue weighted by molar-refractivity contribution is 0.0862. The maximum atomic E-state index is 11.9. The molecule has 0 unspecified atom stereocenters. The zero-order valence-corrected chi connectivity index (χ0v) is 15.1. The summed E-state index contributed by atoms with van der Waals surface area (Å²) in [6.45, 7) is 7.76. The number of carbonyl (C=O) groups excluding carboxylic acids is 1. The molecule has 1 amide bonds. The summed E-state index contributed by atoms with van der Waals surface area (Å²) < 4.78 is 5.10. The van der Waals surface area contributed by atoms with E-state index in [1.165, 1.54) is 5.57 Å². The number of piperidine rings is 1. The van der Waals surface area contributed by atoms with Gasteiger partial charge in [0.2, 0.25) is 0 Å². The Morgan fingerprint density at radius 2 is 2.24 bits per heavy atom. The summed E-state index contributed by atoms with van der Waals surface area (Å²) in [5.74, 6) is 6.28. The Labute approximate surface area is 150 Å². The van der Waals surface area contributed by atoms with Crippen LogP contribution in [0.25, 0.3) is 0 Å². The number of hydrogen-bond acceptors (Lipinski definition) is 3. The number of carbonyl (C=O) groups is 1. The zero-order valence-electron chi connectivity index (χ0n) is 15.1. The van der Waals surface area contributed by atoms with Gasteiger partial charge in [-0.2, -0.15) is 5.26 Å². The Morgan fingerprint density at radius 3 is 2.92 bits per heavy atom. The van der Waals surface area contributed by atoms with Crippen LogP contribution in [0.15, 0.2) is 35.9 Å². The van der Waals surface area contributed by atoms with Crippen LogP contribution in [0.1, 0.15) is 38.3 Å². The minimum atomic E-state index is -0.241. The van der Waals surface area contributed by atoms with E-state index >= 15 is 0 Å². The van der Waals surface area contributed by atoms with Crippen LogP contribution in [-0.4, -0.2) is 30.7 Å². The van der Waals surface area contributed by atoms with Crippen molar-refractivity contribution in [3.05, 3.63) is 47.0 Å². The lowest BCUT2D eigenvalue weighted by atomic mass is 9.79. The van der Waals surface area contributed by atoms with Crippen LogP contribution in [0.4, 0.5) is 4.79 Å². The molecule has 0 radical (unpaired) electrons. The van der Waals surface area contributed by atoms with Crippen molar-refractivity contribution in [3.63, 3.8) is 0 Å². The molecule has 4 heteroatoms. The molecule has 0 aliphatic carbocycles. The first kappa shape index (κ1) is 18.6. The second-order valence-electron chi connectivity index (χ2n) is 6.73. The van der Waals surface area contributed by atoms with Crippen LogP contribution in [0.3, 0.4) is 0 Å². The number of amides is 1. The van der Waals surface area contributed by atoms with Gasteiger partial charge in [0.05, 0.1) is 19.1 Å². The molecule has 0 atom stereocenters. The molecule has 1 aromatic carbocycles. The molecule has 0 aromatic heterocycles. The van der Waals surface area contributed by atoms with Gasteiger partial charge in [-0.15, -0.1) is 0 Å². The highest BCUT2D eigenvalue weighted by atomic mass is 16.6. The van der Waals surface area contributed by atoms with E-state index in [9.17, 15) is 4.79 Å². The van der Waals surface area contributed by atoms with E-state index in [4.69, 9.17) is 10.00 Å². The highest BCUT2D eigenvalue weighted by Gasteiger charge is 2.33. The zero-order chi connectivity index (χ0) is 18.3. The van der Waals surface area contributed by atoms with E-state index in [0.717, 1.165) is 17.5 Å². The number of likely N-dealkylation sites (tertiary alicyclic amines) is 1. The molecular weight excluding hydrogens is 312 g/mol. The number of hydrogen-bond donors (Lipinski definition) is 0. The summed E-state index contributed by atoms with van der Waals surface area (Å²) in [4.78, 5) is 13.7. The molecule has 1 aliphatic heterocycles. The van der Waals surface area contributed by atoms with Crippen LogP contribution in [0.5, 0.6) is 0 Å². The van der Waals surface area contributed by atoms with Crippen molar-refractivity contribution in [2.24, 2.45) is 5.41 Å². The molecule has 0 spiro atoms. The fourth-order valence-electron chi connectivity index (χ4n) is 2.95. The first-order valence-electron chi connectivity index (χ1n) is 8.55. The average Bonchev–Trinajstić information content (AvgIpc) is 2.57. The molecule has 4 nitrogen and oxygen atoms in total. The molecular formula is C21H24N2O2. The van der Waals surface area contributed by atoms with Gasteiger partial charge in [0.15, 0.2) is 0 Å². The van der Waals surface area contributed by atoms with Gasteiger partial charge in [0.25, 0.3) is 0 Å². The molecule has 25 heavy (non-hydrogen) atoms. The van der Waals surface area contributed by atoms with Gasteiger partial charge in [0, 0.05) is 24.1 Å². The fourth-order valence-corrected chi connectivity index (χ4v) is 2.95. The van der Waals surface area contributed by atoms with Crippen molar-refractivity contribution in [1.29, 1.82) is 5.26 Å². The van der Waals surface area contributed by atoms with Crippen LogP contribution in [0.2, 0.25) is 0 Å². The normalized spacial score (nSPS) is 17.4. The minimum Gasteiger partial charge on any atom is -0.450 e. The monoisotopic (exact) mass is 336 g/mol. The Hall–Kier alpha value is -2.72. The number of ether oxygens (including phenoxy) is 1. The topological polar surface area (TPSA) is 53.3 Å². The molecule has 1 aromatic rings. The Balaban J connectivity index is 2.09. The standard InChI is InChI=1S/C21H24N2O2/c1-4-25-20(24)23-14-12-19(21(2,3)16-23)10-6-9-17-7-5-8-18(15-17)11-13-22/h5,7-8,10,15H,4,11-12,14,16H2,1-3H3/b19-10+. The smallest absolute Gasteiger partial charge is 0.409 e. The molecule has 130 valence electrons. The van der Waals surface area contributed by atoms with Crippen molar-refractivity contribution in [2.75, 3.05) is 19.7 Å². The predicted octanol–water partition coefficient (Wildman–Crippen LogP) is 3.92. The van der Waals surface area contributed by atoms with Gasteiger partial charge in [0.1, 0.15) is 0 Å². The quantitative estimate of drug-likeness (QED) is 0.769. The molecule has 1 saturated heterocycles. The SMILES string of the molecule is CCOC(=O)N1CC/C(=C\C#Cc2cccc(CC#N)c2)C(C)(C)C1. The summed E-state index contributed by atoms with van der Waals surface area (Å²) in [7, 11) is 0. The Morgan fingerprint density at radius 1 is 1.44 bits per heavy atom. The summed E-state index contributed by atoms with van der Waals surface area (Å²) in [5, 5.41) is 8.78. The number of benzene rings is 1. The minimum absolute atomic E-state index is 0.123. The predicted molar refractivity (Wildman–Crippen MR) is 97.7 cm³/mol. The second-order valence-corrected chi connectivity index (χ2v) is 6.73.